The highest BCUT2D eigenvalue weighted by molar-refractivity contribution is 5.68. The van der Waals surface area contributed by atoms with Gasteiger partial charge in [0.2, 0.25) is 5.88 Å². The van der Waals surface area contributed by atoms with E-state index in [1.807, 2.05) is 49.4 Å². The molecule has 0 spiro atoms. The predicted molar refractivity (Wildman–Crippen MR) is 86.2 cm³/mol. The van der Waals surface area contributed by atoms with Crippen LogP contribution < -0.4 is 4.74 Å². The van der Waals surface area contributed by atoms with E-state index in [2.05, 4.69) is 4.98 Å². The molecule has 3 rings (SSSR count). The van der Waals surface area contributed by atoms with Crippen molar-refractivity contribution in [1.82, 2.24) is 9.88 Å². The number of rotatable bonds is 4. The number of hydrogen-bond acceptors (Lipinski definition) is 4. The molecule has 0 saturated carbocycles. The van der Waals surface area contributed by atoms with E-state index >= 15 is 0 Å². The molecule has 1 atom stereocenters. The minimum atomic E-state index is -0.295. The number of hydrogen-bond donors (Lipinski definition) is 0. The van der Waals surface area contributed by atoms with Crippen LogP contribution in [0.4, 0.5) is 4.79 Å². The van der Waals surface area contributed by atoms with E-state index in [0.29, 0.717) is 25.6 Å². The fraction of sp³-hybridized carbons (Fsp3) is 0.333. The van der Waals surface area contributed by atoms with Gasteiger partial charge < -0.3 is 14.4 Å². The average Bonchev–Trinajstić information content (AvgIpc) is 3.04. The van der Waals surface area contributed by atoms with Gasteiger partial charge in [0.05, 0.1) is 6.54 Å². The van der Waals surface area contributed by atoms with Crippen molar-refractivity contribution in [3.8, 4) is 5.88 Å². The van der Waals surface area contributed by atoms with Gasteiger partial charge in [0.25, 0.3) is 0 Å². The number of carbonyl (C=O) groups excluding carboxylic acids is 1. The Morgan fingerprint density at radius 1 is 1.26 bits per heavy atom. The molecule has 0 aliphatic carbocycles. The van der Waals surface area contributed by atoms with Crippen LogP contribution in [0.25, 0.3) is 0 Å². The highest BCUT2D eigenvalue weighted by Gasteiger charge is 2.28. The molecular weight excluding hydrogens is 292 g/mol. The minimum Gasteiger partial charge on any atom is -0.472 e. The molecule has 23 heavy (non-hydrogen) atoms. The molecule has 1 amide bonds. The van der Waals surface area contributed by atoms with Crippen molar-refractivity contribution in [3.05, 3.63) is 59.8 Å². The van der Waals surface area contributed by atoms with Crippen LogP contribution in [-0.2, 0) is 11.3 Å². The average molecular weight is 312 g/mol. The third-order valence-electron chi connectivity index (χ3n) is 3.78. The van der Waals surface area contributed by atoms with Gasteiger partial charge in [0.1, 0.15) is 12.7 Å². The smallest absolute Gasteiger partial charge is 0.410 e. The number of aromatic nitrogens is 1. The third-order valence-corrected chi connectivity index (χ3v) is 3.78. The lowest BCUT2D eigenvalue weighted by Crippen LogP contribution is -2.31. The molecule has 1 saturated heterocycles. The summed E-state index contributed by atoms with van der Waals surface area (Å²) in [6.45, 7) is 3.45. The van der Waals surface area contributed by atoms with Gasteiger partial charge in [-0.15, -0.1) is 0 Å². The van der Waals surface area contributed by atoms with Crippen LogP contribution in [0, 0.1) is 6.92 Å². The van der Waals surface area contributed by atoms with Crippen LogP contribution in [0.1, 0.15) is 17.5 Å². The fourth-order valence-electron chi connectivity index (χ4n) is 2.50. The van der Waals surface area contributed by atoms with Crippen LogP contribution in [-0.4, -0.2) is 35.2 Å². The lowest BCUT2D eigenvalue weighted by atomic mass is 10.2. The van der Waals surface area contributed by atoms with Gasteiger partial charge in [0, 0.05) is 25.2 Å². The minimum absolute atomic E-state index is 0.0329. The molecule has 0 bridgehead atoms. The highest BCUT2D eigenvalue weighted by Crippen LogP contribution is 2.17. The summed E-state index contributed by atoms with van der Waals surface area (Å²) in [5.74, 6) is 0.597. The number of carbonyl (C=O) groups is 1. The second kappa shape index (κ2) is 7.13. The monoisotopic (exact) mass is 312 g/mol. The molecule has 5 nitrogen and oxygen atoms in total. The number of likely N-dealkylation sites (tertiary alicyclic amines) is 1. The molecule has 1 aromatic heterocycles. The molecule has 2 heterocycles. The normalized spacial score (nSPS) is 17.1. The van der Waals surface area contributed by atoms with Gasteiger partial charge in [0.15, 0.2) is 0 Å². The van der Waals surface area contributed by atoms with Gasteiger partial charge in [-0.3, -0.25) is 0 Å². The first-order valence-corrected chi connectivity index (χ1v) is 7.75. The van der Waals surface area contributed by atoms with Gasteiger partial charge in [-0.05, 0) is 18.1 Å². The zero-order valence-electron chi connectivity index (χ0n) is 13.1. The summed E-state index contributed by atoms with van der Waals surface area (Å²) in [4.78, 5) is 18.0. The summed E-state index contributed by atoms with van der Waals surface area (Å²) in [5, 5.41) is 0. The number of ether oxygens (including phenoxy) is 2. The molecule has 5 heteroatoms. The fourth-order valence-corrected chi connectivity index (χ4v) is 2.50. The maximum Gasteiger partial charge on any atom is 0.410 e. The molecule has 120 valence electrons. The number of pyridine rings is 1. The summed E-state index contributed by atoms with van der Waals surface area (Å²) in [6, 6.07) is 13.5. The molecule has 1 aliphatic heterocycles. The molecule has 1 unspecified atom stereocenters. The Kier molecular flexibility index (Phi) is 4.76. The number of amides is 1. The molecule has 1 aromatic carbocycles. The van der Waals surface area contributed by atoms with Crippen molar-refractivity contribution in [2.45, 2.75) is 26.1 Å². The van der Waals surface area contributed by atoms with E-state index in [1.165, 1.54) is 0 Å². The van der Waals surface area contributed by atoms with Crippen LogP contribution in [0.2, 0.25) is 0 Å². The number of benzene rings is 1. The summed E-state index contributed by atoms with van der Waals surface area (Å²) in [5.41, 5.74) is 2.08. The Hall–Kier alpha value is -2.56. The van der Waals surface area contributed by atoms with E-state index in [-0.39, 0.29) is 12.2 Å². The maximum absolute atomic E-state index is 12.1. The van der Waals surface area contributed by atoms with E-state index in [1.54, 1.807) is 11.1 Å². The quantitative estimate of drug-likeness (QED) is 0.870. The lowest BCUT2D eigenvalue weighted by Gasteiger charge is -2.17. The van der Waals surface area contributed by atoms with Crippen molar-refractivity contribution in [2.75, 3.05) is 13.1 Å². The zero-order chi connectivity index (χ0) is 16.1. The standard InChI is InChI=1S/C18H20N2O3/c1-14-7-8-17(19-11-14)23-16-9-10-20(12-16)18(21)22-13-15-5-3-2-4-6-15/h2-8,11,16H,9-10,12-13H2,1H3. The molecule has 0 radical (unpaired) electrons. The Morgan fingerprint density at radius 3 is 2.83 bits per heavy atom. The summed E-state index contributed by atoms with van der Waals surface area (Å²) >= 11 is 0. The predicted octanol–water partition coefficient (Wildman–Crippen LogP) is 3.18. The second-order valence-electron chi connectivity index (χ2n) is 5.69. The van der Waals surface area contributed by atoms with Crippen molar-refractivity contribution < 1.29 is 14.3 Å². The van der Waals surface area contributed by atoms with Gasteiger partial charge in [-0.25, -0.2) is 9.78 Å². The Balaban J connectivity index is 1.47. The SMILES string of the molecule is Cc1ccc(OC2CCN(C(=O)OCc3ccccc3)C2)nc1. The molecule has 2 aromatic rings. The van der Waals surface area contributed by atoms with Crippen LogP contribution in [0.15, 0.2) is 48.7 Å². The van der Waals surface area contributed by atoms with Crippen LogP contribution in [0.3, 0.4) is 0 Å². The van der Waals surface area contributed by atoms with Crippen LogP contribution in [0.5, 0.6) is 5.88 Å². The molecular formula is C18H20N2O3. The number of aryl methyl sites for hydroxylation is 1. The van der Waals surface area contributed by atoms with Crippen molar-refractivity contribution in [2.24, 2.45) is 0 Å². The lowest BCUT2D eigenvalue weighted by molar-refractivity contribution is 0.0988. The van der Waals surface area contributed by atoms with Crippen molar-refractivity contribution in [3.63, 3.8) is 0 Å². The second-order valence-corrected chi connectivity index (χ2v) is 5.69. The van der Waals surface area contributed by atoms with E-state index < -0.39 is 0 Å². The maximum atomic E-state index is 12.1. The van der Waals surface area contributed by atoms with Gasteiger partial charge >= 0.3 is 6.09 Å². The summed E-state index contributed by atoms with van der Waals surface area (Å²) < 4.78 is 11.2. The first-order chi connectivity index (χ1) is 11.2. The Labute approximate surface area is 135 Å². The Bertz CT molecular complexity index is 643. The Morgan fingerprint density at radius 2 is 2.09 bits per heavy atom. The highest BCUT2D eigenvalue weighted by atomic mass is 16.6. The first kappa shape index (κ1) is 15.3. The third kappa shape index (κ3) is 4.22. The van der Waals surface area contributed by atoms with Crippen molar-refractivity contribution in [1.29, 1.82) is 0 Å². The molecule has 1 aliphatic rings. The van der Waals surface area contributed by atoms with E-state index in [4.69, 9.17) is 9.47 Å². The van der Waals surface area contributed by atoms with E-state index in [9.17, 15) is 4.79 Å². The molecule has 1 fully saturated rings. The largest absolute Gasteiger partial charge is 0.472 e. The van der Waals surface area contributed by atoms with Crippen LogP contribution >= 0.6 is 0 Å². The zero-order valence-corrected chi connectivity index (χ0v) is 13.1. The molecule has 0 N–H and O–H groups in total. The topological polar surface area (TPSA) is 51.7 Å². The number of nitrogens with zero attached hydrogens (tertiary/aromatic N) is 2. The van der Waals surface area contributed by atoms with Gasteiger partial charge in [-0.1, -0.05) is 36.4 Å². The summed E-state index contributed by atoms with van der Waals surface area (Å²) in [7, 11) is 0. The van der Waals surface area contributed by atoms with Gasteiger partial charge in [-0.2, -0.15) is 0 Å². The van der Waals surface area contributed by atoms with E-state index in [0.717, 1.165) is 17.5 Å². The van der Waals surface area contributed by atoms with Crippen molar-refractivity contribution >= 4 is 6.09 Å². The summed E-state index contributed by atoms with van der Waals surface area (Å²) in [6.07, 6.45) is 2.23. The first-order valence-electron chi connectivity index (χ1n) is 7.75.